The van der Waals surface area contributed by atoms with Crippen LogP contribution in [0.15, 0.2) is 47.2 Å². The van der Waals surface area contributed by atoms with E-state index >= 15 is 0 Å². The lowest BCUT2D eigenvalue weighted by atomic mass is 9.86. The Balaban J connectivity index is 2.24. The van der Waals surface area contributed by atoms with E-state index in [-0.39, 0.29) is 22.9 Å². The molecule has 0 radical (unpaired) electrons. The maximum Gasteiger partial charge on any atom is 0.181 e. The molecule has 2 N–H and O–H groups in total. The molecule has 2 aliphatic rings. The average Bonchev–Trinajstić information content (AvgIpc) is 2.30. The lowest BCUT2D eigenvalue weighted by Gasteiger charge is -2.22. The summed E-state index contributed by atoms with van der Waals surface area (Å²) in [6.45, 7) is 0. The molecule has 0 fully saturated rings. The number of nitrogens with zero attached hydrogens (tertiary/aromatic N) is 1. The van der Waals surface area contributed by atoms with Crippen LogP contribution in [-0.2, 0) is 0 Å². The van der Waals surface area contributed by atoms with Crippen LogP contribution in [0.4, 0.5) is 5.69 Å². The Labute approximate surface area is 97.2 Å². The number of aliphatic hydroxyl groups is 1. The molecule has 84 valence electrons. The molecule has 4 heteroatoms. The summed E-state index contributed by atoms with van der Waals surface area (Å²) in [6, 6.07) is 4.79. The number of allylic oxidation sites excluding steroid dienone is 3. The second-order valence-corrected chi connectivity index (χ2v) is 3.97. The first-order valence-electron chi connectivity index (χ1n) is 5.20. The van der Waals surface area contributed by atoms with Crippen LogP contribution in [0.2, 0.25) is 0 Å². The fourth-order valence-electron chi connectivity index (χ4n) is 2.07. The van der Waals surface area contributed by atoms with Crippen LogP contribution in [-0.4, -0.2) is 21.7 Å². The summed E-state index contributed by atoms with van der Waals surface area (Å²) in [6.07, 6.45) is 4.55. The molecule has 0 spiro atoms. The predicted molar refractivity (Wildman–Crippen MR) is 62.9 cm³/mol. The second kappa shape index (κ2) is 3.31. The first-order chi connectivity index (χ1) is 8.16. The lowest BCUT2D eigenvalue weighted by molar-refractivity contribution is 0.0967. The van der Waals surface area contributed by atoms with E-state index in [0.717, 1.165) is 0 Å². The number of hydrogen-bond acceptors (Lipinski definition) is 4. The Morgan fingerprint density at radius 1 is 1.18 bits per heavy atom. The Hall–Kier alpha value is -2.36. The highest BCUT2D eigenvalue weighted by molar-refractivity contribution is 6.23. The Bertz CT molecular complexity index is 611. The van der Waals surface area contributed by atoms with Crippen molar-refractivity contribution in [1.29, 1.82) is 0 Å². The van der Waals surface area contributed by atoms with E-state index in [1.165, 1.54) is 18.2 Å². The van der Waals surface area contributed by atoms with Gasteiger partial charge in [0.05, 0.1) is 22.9 Å². The van der Waals surface area contributed by atoms with Crippen molar-refractivity contribution in [1.82, 2.24) is 0 Å². The first kappa shape index (κ1) is 9.84. The highest BCUT2D eigenvalue weighted by Gasteiger charge is 2.32. The van der Waals surface area contributed by atoms with Crippen molar-refractivity contribution in [2.24, 2.45) is 10.9 Å². The molecule has 17 heavy (non-hydrogen) atoms. The molecule has 1 heterocycles. The normalized spacial score (nSPS) is 21.4. The maximum atomic E-state index is 12.2. The molecular formula is C13H9NO3. The number of carbonyl (C=O) groups excluding carboxylic acids is 1. The van der Waals surface area contributed by atoms with Crippen molar-refractivity contribution >= 4 is 17.2 Å². The number of aliphatic hydroxyl groups excluding tert-OH is 1. The van der Waals surface area contributed by atoms with E-state index in [9.17, 15) is 15.0 Å². The zero-order valence-corrected chi connectivity index (χ0v) is 8.79. The van der Waals surface area contributed by atoms with E-state index in [0.29, 0.717) is 11.4 Å². The van der Waals surface area contributed by atoms with Gasteiger partial charge >= 0.3 is 0 Å². The number of phenolic OH excluding ortho intramolecular Hbond substituents is 1. The number of aliphatic imine (C=N–C) groups is 1. The molecule has 0 aromatic heterocycles. The Morgan fingerprint density at radius 3 is 2.82 bits per heavy atom. The number of rotatable bonds is 0. The maximum absolute atomic E-state index is 12.2. The van der Waals surface area contributed by atoms with Crippen LogP contribution >= 0.6 is 0 Å². The highest BCUT2D eigenvalue weighted by atomic mass is 16.3. The van der Waals surface area contributed by atoms with Crippen LogP contribution in [0, 0.1) is 5.92 Å². The minimum Gasteiger partial charge on any atom is -0.508 e. The van der Waals surface area contributed by atoms with Crippen LogP contribution in [0.5, 0.6) is 5.75 Å². The summed E-state index contributed by atoms with van der Waals surface area (Å²) >= 11 is 0. The molecule has 1 aliphatic carbocycles. The van der Waals surface area contributed by atoms with Crippen LogP contribution in [0.1, 0.15) is 10.4 Å². The third-order valence-electron chi connectivity index (χ3n) is 2.88. The van der Waals surface area contributed by atoms with E-state index < -0.39 is 5.92 Å². The minimum atomic E-state index is -0.596. The van der Waals surface area contributed by atoms with E-state index in [4.69, 9.17) is 0 Å². The fourth-order valence-corrected chi connectivity index (χ4v) is 2.07. The summed E-state index contributed by atoms with van der Waals surface area (Å²) in [5.41, 5.74) is 1.28. The van der Waals surface area contributed by atoms with Crippen molar-refractivity contribution in [3.05, 3.63) is 47.7 Å². The molecule has 4 nitrogen and oxygen atoms in total. The summed E-state index contributed by atoms with van der Waals surface area (Å²) in [4.78, 5) is 16.5. The summed E-state index contributed by atoms with van der Waals surface area (Å²) in [5, 5.41) is 19.1. The van der Waals surface area contributed by atoms with Gasteiger partial charge in [-0.1, -0.05) is 6.07 Å². The number of fused-ring (bicyclic) bond motifs is 2. The van der Waals surface area contributed by atoms with Gasteiger partial charge in [0.1, 0.15) is 11.5 Å². The number of Topliss-reactive ketones (excluding diaryl/α,β-unsaturated/α-hetero) is 1. The van der Waals surface area contributed by atoms with Gasteiger partial charge in [0, 0.05) is 0 Å². The van der Waals surface area contributed by atoms with Crippen molar-refractivity contribution in [2.75, 3.05) is 0 Å². The Morgan fingerprint density at radius 2 is 2.00 bits per heavy atom. The van der Waals surface area contributed by atoms with Gasteiger partial charge in [-0.15, -0.1) is 0 Å². The third-order valence-corrected chi connectivity index (χ3v) is 2.88. The zero-order valence-electron chi connectivity index (χ0n) is 8.79. The van der Waals surface area contributed by atoms with Crippen LogP contribution in [0.3, 0.4) is 0 Å². The van der Waals surface area contributed by atoms with Crippen molar-refractivity contribution in [3.63, 3.8) is 0 Å². The largest absolute Gasteiger partial charge is 0.508 e. The van der Waals surface area contributed by atoms with E-state index in [2.05, 4.69) is 4.99 Å². The van der Waals surface area contributed by atoms with E-state index in [1.54, 1.807) is 18.2 Å². The molecule has 1 unspecified atom stereocenters. The average molecular weight is 227 g/mol. The lowest BCUT2D eigenvalue weighted by Crippen LogP contribution is -2.26. The number of carbonyl (C=O) groups is 1. The summed E-state index contributed by atoms with van der Waals surface area (Å²) in [5.74, 6) is -0.862. The van der Waals surface area contributed by atoms with Gasteiger partial charge < -0.3 is 10.2 Å². The minimum absolute atomic E-state index is 0.0428. The van der Waals surface area contributed by atoms with Crippen LogP contribution in [0.25, 0.3) is 0 Å². The molecule has 1 aliphatic heterocycles. The monoisotopic (exact) mass is 227 g/mol. The van der Waals surface area contributed by atoms with Gasteiger partial charge in [0.25, 0.3) is 0 Å². The van der Waals surface area contributed by atoms with Crippen LogP contribution < -0.4 is 0 Å². The van der Waals surface area contributed by atoms with Gasteiger partial charge in [0.15, 0.2) is 5.78 Å². The molecule has 0 amide bonds. The zero-order chi connectivity index (χ0) is 12.0. The van der Waals surface area contributed by atoms with Crippen molar-refractivity contribution < 1.29 is 15.0 Å². The first-order valence-corrected chi connectivity index (χ1v) is 5.20. The summed E-state index contributed by atoms with van der Waals surface area (Å²) in [7, 11) is 0. The predicted octanol–water partition coefficient (Wildman–Crippen LogP) is 2.29. The quantitative estimate of drug-likeness (QED) is 0.714. The topological polar surface area (TPSA) is 69.9 Å². The molecule has 0 bridgehead atoms. The number of benzene rings is 1. The van der Waals surface area contributed by atoms with Gasteiger partial charge in [-0.3, -0.25) is 9.79 Å². The standard InChI is InChI=1S/C13H9NO3/c15-7-4-5-9-8(6-7)13(17)12-10(14-9)2-1-3-11(12)16/h1-6,8,15-16H. The fraction of sp³-hybridized carbons (Fsp3) is 0.0769. The second-order valence-electron chi connectivity index (χ2n) is 3.97. The van der Waals surface area contributed by atoms with Gasteiger partial charge in [0.2, 0.25) is 0 Å². The van der Waals surface area contributed by atoms with E-state index in [1.807, 2.05) is 0 Å². The molecular weight excluding hydrogens is 218 g/mol. The number of aromatic hydroxyl groups is 1. The molecule has 3 rings (SSSR count). The van der Waals surface area contributed by atoms with Gasteiger partial charge in [-0.05, 0) is 30.4 Å². The van der Waals surface area contributed by atoms with Gasteiger partial charge in [-0.2, -0.15) is 0 Å². The van der Waals surface area contributed by atoms with Crippen molar-refractivity contribution in [2.45, 2.75) is 0 Å². The molecule has 1 aromatic rings. The smallest absolute Gasteiger partial charge is 0.181 e. The number of phenols is 1. The summed E-state index contributed by atoms with van der Waals surface area (Å²) < 4.78 is 0. The molecule has 1 atom stereocenters. The molecule has 1 aromatic carbocycles. The number of hydrogen-bond donors (Lipinski definition) is 2. The highest BCUT2D eigenvalue weighted by Crippen LogP contribution is 2.36. The van der Waals surface area contributed by atoms with Gasteiger partial charge in [-0.25, -0.2) is 0 Å². The molecule has 0 saturated heterocycles. The number of ketones is 1. The SMILES string of the molecule is O=C1c2c(O)cccc2N=C2C=CC(O)=CC12. The molecule has 0 saturated carbocycles. The van der Waals surface area contributed by atoms with Crippen molar-refractivity contribution in [3.8, 4) is 5.75 Å². The Kier molecular flexibility index (Phi) is 1.92. The third kappa shape index (κ3) is 1.38.